The molecule has 0 radical (unpaired) electrons. The smallest absolute Gasteiger partial charge is 0.252 e. The average molecular weight is 242 g/mol. The molecule has 1 atom stereocenters. The molecule has 2 rings (SSSR count). The lowest BCUT2D eigenvalue weighted by Crippen LogP contribution is -2.36. The van der Waals surface area contributed by atoms with Crippen molar-refractivity contribution >= 4 is 5.91 Å². The number of nitrogens with zero attached hydrogens (tertiary/aromatic N) is 1. The van der Waals surface area contributed by atoms with Crippen molar-refractivity contribution in [3.8, 4) is 6.07 Å². The molecule has 1 saturated carbocycles. The van der Waals surface area contributed by atoms with Gasteiger partial charge in [-0.3, -0.25) is 4.79 Å². The molecule has 94 valence electrons. The summed E-state index contributed by atoms with van der Waals surface area (Å²) in [5.74, 6) is 0.230. The van der Waals surface area contributed by atoms with Crippen LogP contribution < -0.4 is 5.32 Å². The molecular formula is C15H18N2O. The standard InChI is InChI=1S/C15H18N2O/c1-9-6-10(2)14(11(3)7-9)15(18)17-13(8-16)12-4-5-12/h6-7,12-13H,4-5H2,1-3H3,(H,17,18). The van der Waals surface area contributed by atoms with Gasteiger partial charge in [-0.15, -0.1) is 0 Å². The number of carbonyl (C=O) groups excluding carboxylic acids is 1. The van der Waals surface area contributed by atoms with Gasteiger partial charge in [0.1, 0.15) is 6.04 Å². The van der Waals surface area contributed by atoms with E-state index in [9.17, 15) is 4.79 Å². The normalized spacial score (nSPS) is 15.9. The average Bonchev–Trinajstić information content (AvgIpc) is 3.08. The van der Waals surface area contributed by atoms with Gasteiger partial charge in [-0.05, 0) is 50.7 Å². The van der Waals surface area contributed by atoms with Gasteiger partial charge in [0.05, 0.1) is 6.07 Å². The van der Waals surface area contributed by atoms with Crippen molar-refractivity contribution in [2.75, 3.05) is 0 Å². The largest absolute Gasteiger partial charge is 0.336 e. The number of amides is 1. The molecule has 0 aliphatic heterocycles. The molecule has 0 bridgehead atoms. The van der Waals surface area contributed by atoms with E-state index in [0.29, 0.717) is 11.5 Å². The van der Waals surface area contributed by atoms with Gasteiger partial charge in [-0.2, -0.15) is 5.26 Å². The van der Waals surface area contributed by atoms with Crippen LogP contribution in [-0.4, -0.2) is 11.9 Å². The zero-order valence-electron chi connectivity index (χ0n) is 11.1. The highest BCUT2D eigenvalue weighted by molar-refractivity contribution is 5.97. The molecule has 1 unspecified atom stereocenters. The number of hydrogen-bond acceptors (Lipinski definition) is 2. The summed E-state index contributed by atoms with van der Waals surface area (Å²) in [5, 5.41) is 11.9. The Hall–Kier alpha value is -1.82. The number of hydrogen-bond donors (Lipinski definition) is 1. The third-order valence-corrected chi connectivity index (χ3v) is 3.42. The minimum atomic E-state index is -0.336. The van der Waals surface area contributed by atoms with Crippen LogP contribution in [0.4, 0.5) is 0 Å². The fourth-order valence-corrected chi connectivity index (χ4v) is 2.44. The van der Waals surface area contributed by atoms with Crippen molar-refractivity contribution in [3.63, 3.8) is 0 Å². The van der Waals surface area contributed by atoms with E-state index < -0.39 is 0 Å². The minimum absolute atomic E-state index is 0.122. The van der Waals surface area contributed by atoms with Crippen LogP contribution >= 0.6 is 0 Å². The van der Waals surface area contributed by atoms with Crippen LogP contribution in [0.2, 0.25) is 0 Å². The number of rotatable bonds is 3. The van der Waals surface area contributed by atoms with Gasteiger partial charge in [0.2, 0.25) is 0 Å². The van der Waals surface area contributed by atoms with Crippen molar-refractivity contribution in [2.24, 2.45) is 5.92 Å². The van der Waals surface area contributed by atoms with Gasteiger partial charge in [-0.1, -0.05) is 17.7 Å². The van der Waals surface area contributed by atoms with Crippen LogP contribution in [0.3, 0.4) is 0 Å². The molecule has 1 aromatic rings. The number of aryl methyl sites for hydroxylation is 3. The third-order valence-electron chi connectivity index (χ3n) is 3.42. The first-order valence-electron chi connectivity index (χ1n) is 6.31. The summed E-state index contributed by atoms with van der Waals surface area (Å²) in [7, 11) is 0. The first kappa shape index (κ1) is 12.6. The van der Waals surface area contributed by atoms with Crippen LogP contribution in [0.25, 0.3) is 0 Å². The summed E-state index contributed by atoms with van der Waals surface area (Å²) in [5.41, 5.74) is 3.80. The molecule has 0 heterocycles. The van der Waals surface area contributed by atoms with E-state index in [-0.39, 0.29) is 11.9 Å². The molecule has 0 saturated heterocycles. The zero-order valence-corrected chi connectivity index (χ0v) is 11.1. The molecule has 1 fully saturated rings. The maximum atomic E-state index is 12.2. The van der Waals surface area contributed by atoms with Crippen molar-refractivity contribution < 1.29 is 4.79 Å². The highest BCUT2D eigenvalue weighted by Crippen LogP contribution is 2.32. The maximum absolute atomic E-state index is 12.2. The van der Waals surface area contributed by atoms with E-state index >= 15 is 0 Å². The summed E-state index contributed by atoms with van der Waals surface area (Å²) >= 11 is 0. The van der Waals surface area contributed by atoms with Crippen molar-refractivity contribution in [2.45, 2.75) is 39.7 Å². The lowest BCUT2D eigenvalue weighted by Gasteiger charge is -2.14. The zero-order chi connectivity index (χ0) is 13.3. The number of carbonyl (C=O) groups is 1. The van der Waals surface area contributed by atoms with Crippen LogP contribution in [0.5, 0.6) is 0 Å². The molecule has 1 amide bonds. The van der Waals surface area contributed by atoms with E-state index in [1.54, 1.807) is 0 Å². The molecule has 0 spiro atoms. The molecule has 1 aliphatic rings. The maximum Gasteiger partial charge on any atom is 0.252 e. The van der Waals surface area contributed by atoms with Gasteiger partial charge in [0, 0.05) is 5.56 Å². The van der Waals surface area contributed by atoms with Gasteiger partial charge >= 0.3 is 0 Å². The molecule has 18 heavy (non-hydrogen) atoms. The van der Waals surface area contributed by atoms with Gasteiger partial charge in [0.15, 0.2) is 0 Å². The molecular weight excluding hydrogens is 224 g/mol. The van der Waals surface area contributed by atoms with E-state index in [4.69, 9.17) is 5.26 Å². The van der Waals surface area contributed by atoms with Crippen molar-refractivity contribution in [1.29, 1.82) is 5.26 Å². The molecule has 0 aromatic heterocycles. The fraction of sp³-hybridized carbons (Fsp3) is 0.467. The Morgan fingerprint density at radius 3 is 2.33 bits per heavy atom. The lowest BCUT2D eigenvalue weighted by atomic mass is 9.99. The number of nitriles is 1. The minimum Gasteiger partial charge on any atom is -0.336 e. The topological polar surface area (TPSA) is 52.9 Å². The van der Waals surface area contributed by atoms with E-state index in [1.807, 2.05) is 32.9 Å². The highest BCUT2D eigenvalue weighted by atomic mass is 16.1. The van der Waals surface area contributed by atoms with Crippen LogP contribution in [0, 0.1) is 38.0 Å². The summed E-state index contributed by atoms with van der Waals surface area (Å²) < 4.78 is 0. The second kappa shape index (κ2) is 4.81. The fourth-order valence-electron chi connectivity index (χ4n) is 2.44. The molecule has 3 heteroatoms. The Bertz CT molecular complexity index is 501. The van der Waals surface area contributed by atoms with Gasteiger partial charge in [-0.25, -0.2) is 0 Å². The monoisotopic (exact) mass is 242 g/mol. The predicted octanol–water partition coefficient (Wildman–Crippen LogP) is 2.64. The highest BCUT2D eigenvalue weighted by Gasteiger charge is 2.32. The summed E-state index contributed by atoms with van der Waals surface area (Å²) in [4.78, 5) is 12.2. The van der Waals surface area contributed by atoms with Crippen LogP contribution in [-0.2, 0) is 0 Å². The Morgan fingerprint density at radius 1 is 1.33 bits per heavy atom. The first-order chi connectivity index (χ1) is 8.52. The Labute approximate surface area is 108 Å². The predicted molar refractivity (Wildman–Crippen MR) is 70.2 cm³/mol. The van der Waals surface area contributed by atoms with E-state index in [0.717, 1.165) is 29.5 Å². The second-order valence-corrected chi connectivity index (χ2v) is 5.19. The van der Waals surface area contributed by atoms with Gasteiger partial charge in [0.25, 0.3) is 5.91 Å². The Balaban J connectivity index is 2.21. The van der Waals surface area contributed by atoms with E-state index in [1.165, 1.54) is 0 Å². The molecule has 1 N–H and O–H groups in total. The Kier molecular flexibility index (Phi) is 3.38. The molecule has 3 nitrogen and oxygen atoms in total. The quantitative estimate of drug-likeness (QED) is 0.885. The second-order valence-electron chi connectivity index (χ2n) is 5.19. The third kappa shape index (κ3) is 2.53. The van der Waals surface area contributed by atoms with Crippen molar-refractivity contribution in [3.05, 3.63) is 34.4 Å². The van der Waals surface area contributed by atoms with Crippen LogP contribution in [0.1, 0.15) is 39.9 Å². The molecule has 1 aliphatic carbocycles. The van der Waals surface area contributed by atoms with Crippen molar-refractivity contribution in [1.82, 2.24) is 5.32 Å². The number of nitrogens with one attached hydrogen (secondary N) is 1. The lowest BCUT2D eigenvalue weighted by molar-refractivity contribution is 0.0940. The number of benzene rings is 1. The Morgan fingerprint density at radius 2 is 1.89 bits per heavy atom. The van der Waals surface area contributed by atoms with Crippen LogP contribution in [0.15, 0.2) is 12.1 Å². The summed E-state index contributed by atoms with van der Waals surface area (Å²) in [6.45, 7) is 5.89. The summed E-state index contributed by atoms with van der Waals surface area (Å²) in [6, 6.07) is 5.85. The SMILES string of the molecule is Cc1cc(C)c(C(=O)NC(C#N)C2CC2)c(C)c1. The van der Waals surface area contributed by atoms with Gasteiger partial charge < -0.3 is 5.32 Å². The molecule has 1 aromatic carbocycles. The van der Waals surface area contributed by atoms with E-state index in [2.05, 4.69) is 11.4 Å². The first-order valence-corrected chi connectivity index (χ1v) is 6.31. The summed E-state index contributed by atoms with van der Waals surface area (Å²) in [6.07, 6.45) is 2.09.